The lowest BCUT2D eigenvalue weighted by Crippen LogP contribution is -2.22. The molecule has 2 aromatic carbocycles. The molecule has 0 unspecified atom stereocenters. The number of hydrogen-bond acceptors (Lipinski definition) is 2. The number of benzene rings is 2. The van der Waals surface area contributed by atoms with Crippen molar-refractivity contribution in [2.75, 3.05) is 10.2 Å². The summed E-state index contributed by atoms with van der Waals surface area (Å²) in [5.41, 5.74) is 3.88. The van der Waals surface area contributed by atoms with E-state index in [0.717, 1.165) is 16.9 Å². The summed E-state index contributed by atoms with van der Waals surface area (Å²) in [6, 6.07) is 15.5. The molecule has 1 aliphatic rings. The van der Waals surface area contributed by atoms with Crippen LogP contribution in [0.25, 0.3) is 0 Å². The van der Waals surface area contributed by atoms with Gasteiger partial charge in [0.25, 0.3) is 0 Å². The molecule has 0 aliphatic carbocycles. The maximum Gasteiger partial charge on any atom is 0.221 e. The van der Waals surface area contributed by atoms with Crippen molar-refractivity contribution < 1.29 is 4.79 Å². The summed E-state index contributed by atoms with van der Waals surface area (Å²) in [7, 11) is 0. The highest BCUT2D eigenvalue weighted by molar-refractivity contribution is 6.11. The van der Waals surface area contributed by atoms with Crippen LogP contribution in [0.15, 0.2) is 48.5 Å². The molecule has 0 radical (unpaired) electrons. The van der Waals surface area contributed by atoms with Crippen LogP contribution in [-0.2, 0) is 11.3 Å². The van der Waals surface area contributed by atoms with Crippen LogP contribution in [0.3, 0.4) is 0 Å². The number of nitrogens with zero attached hydrogens (tertiary/aromatic N) is 1. The molecule has 2 N–H and O–H groups in total. The van der Waals surface area contributed by atoms with Crippen LogP contribution in [-0.4, -0.2) is 11.7 Å². The van der Waals surface area contributed by atoms with Crippen molar-refractivity contribution in [3.8, 4) is 0 Å². The van der Waals surface area contributed by atoms with Gasteiger partial charge in [0.2, 0.25) is 5.91 Å². The second-order valence-electron chi connectivity index (χ2n) is 4.82. The molecule has 1 heterocycles. The summed E-state index contributed by atoms with van der Waals surface area (Å²) in [6.45, 7) is 2.20. The second kappa shape index (κ2) is 4.81. The predicted molar refractivity (Wildman–Crippen MR) is 80.2 cm³/mol. The highest BCUT2D eigenvalue weighted by Crippen LogP contribution is 2.28. The molecule has 4 heteroatoms. The van der Waals surface area contributed by atoms with Crippen LogP contribution >= 0.6 is 0 Å². The Hall–Kier alpha value is -2.62. The average Bonchev–Trinajstić information content (AvgIpc) is 2.77. The van der Waals surface area contributed by atoms with Gasteiger partial charge in [0.1, 0.15) is 5.84 Å². The Bertz CT molecular complexity index is 676. The third-order valence-corrected chi connectivity index (χ3v) is 3.37. The van der Waals surface area contributed by atoms with Gasteiger partial charge in [-0.15, -0.1) is 0 Å². The van der Waals surface area contributed by atoms with Crippen molar-refractivity contribution in [3.63, 3.8) is 0 Å². The minimum absolute atomic E-state index is 0.0842. The number of carbonyl (C=O) groups excluding carboxylic acids is 1. The Morgan fingerprint density at radius 2 is 1.85 bits per heavy atom. The van der Waals surface area contributed by atoms with E-state index < -0.39 is 0 Å². The molecule has 0 saturated heterocycles. The van der Waals surface area contributed by atoms with E-state index in [0.29, 0.717) is 12.4 Å². The Balaban J connectivity index is 1.85. The number of nitrogens with one attached hydrogen (secondary N) is 2. The smallest absolute Gasteiger partial charge is 0.221 e. The van der Waals surface area contributed by atoms with E-state index in [1.165, 1.54) is 12.5 Å². The summed E-state index contributed by atoms with van der Waals surface area (Å²) in [4.78, 5) is 13.0. The van der Waals surface area contributed by atoms with Crippen molar-refractivity contribution in [2.24, 2.45) is 0 Å². The van der Waals surface area contributed by atoms with Gasteiger partial charge >= 0.3 is 0 Å². The molecule has 20 heavy (non-hydrogen) atoms. The Kier molecular flexibility index (Phi) is 2.99. The van der Waals surface area contributed by atoms with Gasteiger partial charge in [-0.2, -0.15) is 0 Å². The molecule has 0 saturated carbocycles. The van der Waals surface area contributed by atoms with Gasteiger partial charge in [0.15, 0.2) is 0 Å². The maximum absolute atomic E-state index is 11.0. The zero-order valence-corrected chi connectivity index (χ0v) is 11.2. The van der Waals surface area contributed by atoms with Crippen LogP contribution in [0.2, 0.25) is 0 Å². The van der Waals surface area contributed by atoms with E-state index in [1.807, 2.05) is 47.4 Å². The first kappa shape index (κ1) is 12.4. The third-order valence-electron chi connectivity index (χ3n) is 3.37. The SMILES string of the molecule is CC(=O)Nc1ccc(N2Cc3ccccc3C2=N)cc1. The molecule has 0 spiro atoms. The van der Waals surface area contributed by atoms with Gasteiger partial charge in [-0.25, -0.2) is 0 Å². The van der Waals surface area contributed by atoms with Crippen LogP contribution in [0, 0.1) is 5.41 Å². The van der Waals surface area contributed by atoms with Crippen molar-refractivity contribution in [2.45, 2.75) is 13.5 Å². The number of fused-ring (bicyclic) bond motifs is 1. The van der Waals surface area contributed by atoms with Gasteiger partial charge in [-0.1, -0.05) is 24.3 Å². The van der Waals surface area contributed by atoms with Crippen molar-refractivity contribution >= 4 is 23.1 Å². The predicted octanol–water partition coefficient (Wildman–Crippen LogP) is 2.99. The van der Waals surface area contributed by atoms with E-state index in [-0.39, 0.29) is 5.91 Å². The maximum atomic E-state index is 11.0. The molecule has 1 amide bonds. The highest BCUT2D eigenvalue weighted by Gasteiger charge is 2.24. The third kappa shape index (κ3) is 2.16. The van der Waals surface area contributed by atoms with Crippen molar-refractivity contribution in [1.29, 1.82) is 5.41 Å². The molecule has 3 rings (SSSR count). The van der Waals surface area contributed by atoms with Gasteiger partial charge in [-0.05, 0) is 29.8 Å². The standard InChI is InChI=1S/C16H15N3O/c1-11(20)18-13-6-8-14(9-7-13)19-10-12-4-2-3-5-15(12)16(19)17/h2-9,17H,10H2,1H3,(H,18,20). The molecule has 0 fully saturated rings. The zero-order valence-electron chi connectivity index (χ0n) is 11.2. The molecule has 1 aliphatic heterocycles. The number of hydrogen-bond donors (Lipinski definition) is 2. The molecule has 0 atom stereocenters. The fourth-order valence-corrected chi connectivity index (χ4v) is 2.43. The molecule has 2 aromatic rings. The number of rotatable bonds is 2. The number of amidine groups is 1. The van der Waals surface area contributed by atoms with Crippen LogP contribution < -0.4 is 10.2 Å². The summed E-state index contributed by atoms with van der Waals surface area (Å²) in [6.07, 6.45) is 0. The van der Waals surface area contributed by atoms with Gasteiger partial charge in [0.05, 0.1) is 6.54 Å². The van der Waals surface area contributed by atoms with Crippen LogP contribution in [0.1, 0.15) is 18.1 Å². The lowest BCUT2D eigenvalue weighted by molar-refractivity contribution is -0.114. The summed E-state index contributed by atoms with van der Waals surface area (Å²) in [5, 5.41) is 11.0. The minimum atomic E-state index is -0.0842. The van der Waals surface area contributed by atoms with E-state index in [4.69, 9.17) is 5.41 Å². The van der Waals surface area contributed by atoms with E-state index >= 15 is 0 Å². The molecule has 100 valence electrons. The average molecular weight is 265 g/mol. The first-order valence-corrected chi connectivity index (χ1v) is 6.47. The fraction of sp³-hybridized carbons (Fsp3) is 0.125. The first-order valence-electron chi connectivity index (χ1n) is 6.47. The number of amides is 1. The molecule has 4 nitrogen and oxygen atoms in total. The van der Waals surface area contributed by atoms with Gasteiger partial charge in [-0.3, -0.25) is 10.2 Å². The summed E-state index contributed by atoms with van der Waals surface area (Å²) in [5.74, 6) is 0.437. The normalized spacial score (nSPS) is 13.2. The summed E-state index contributed by atoms with van der Waals surface area (Å²) >= 11 is 0. The quantitative estimate of drug-likeness (QED) is 0.877. The van der Waals surface area contributed by atoms with Crippen LogP contribution in [0.4, 0.5) is 11.4 Å². The first-order chi connectivity index (χ1) is 9.65. The number of carbonyl (C=O) groups is 1. The largest absolute Gasteiger partial charge is 0.326 e. The Labute approximate surface area is 117 Å². The van der Waals surface area contributed by atoms with E-state index in [2.05, 4.69) is 11.4 Å². The molecule has 0 aromatic heterocycles. The van der Waals surface area contributed by atoms with Gasteiger partial charge in [0, 0.05) is 23.9 Å². The Morgan fingerprint density at radius 1 is 1.15 bits per heavy atom. The topological polar surface area (TPSA) is 56.2 Å². The zero-order chi connectivity index (χ0) is 14.1. The highest BCUT2D eigenvalue weighted by atomic mass is 16.1. The lowest BCUT2D eigenvalue weighted by Gasteiger charge is -2.18. The van der Waals surface area contributed by atoms with Crippen molar-refractivity contribution in [1.82, 2.24) is 0 Å². The molecule has 0 bridgehead atoms. The fourth-order valence-electron chi connectivity index (χ4n) is 2.43. The van der Waals surface area contributed by atoms with Gasteiger partial charge < -0.3 is 10.2 Å². The van der Waals surface area contributed by atoms with E-state index in [9.17, 15) is 4.79 Å². The second-order valence-corrected chi connectivity index (χ2v) is 4.82. The molecular weight excluding hydrogens is 250 g/mol. The lowest BCUT2D eigenvalue weighted by atomic mass is 10.1. The summed E-state index contributed by atoms with van der Waals surface area (Å²) < 4.78 is 0. The van der Waals surface area contributed by atoms with E-state index in [1.54, 1.807) is 0 Å². The van der Waals surface area contributed by atoms with Crippen molar-refractivity contribution in [3.05, 3.63) is 59.7 Å². The Morgan fingerprint density at radius 3 is 2.50 bits per heavy atom. The van der Waals surface area contributed by atoms with Crippen LogP contribution in [0.5, 0.6) is 0 Å². The monoisotopic (exact) mass is 265 g/mol. The minimum Gasteiger partial charge on any atom is -0.326 e. The number of anilines is 2. The molecular formula is C16H15N3O.